The Hall–Kier alpha value is -0.320. The van der Waals surface area contributed by atoms with Crippen molar-refractivity contribution in [3.63, 3.8) is 0 Å². The molecule has 4 nitrogen and oxygen atoms in total. The van der Waals surface area contributed by atoms with Crippen molar-refractivity contribution in [3.05, 3.63) is 0 Å². The summed E-state index contributed by atoms with van der Waals surface area (Å²) < 4.78 is 4.86. The summed E-state index contributed by atoms with van der Waals surface area (Å²) in [6.45, 7) is 7.69. The standard InChI is InChI=1S/C13H24N2O2.ClH/c1-13(5-6-14-9-13)10-15-7-3-4-11(8-15)12(16)17-2;/h11,14H,3-10H2,1-2H3;1H/t11-,13?;/m0./s1. The summed E-state index contributed by atoms with van der Waals surface area (Å²) in [4.78, 5) is 14.0. The van der Waals surface area contributed by atoms with Crippen LogP contribution in [0, 0.1) is 11.3 Å². The van der Waals surface area contributed by atoms with Crippen LogP contribution in [0.2, 0.25) is 0 Å². The molecule has 2 saturated heterocycles. The SMILES string of the molecule is COC(=O)[C@H]1CCCN(CC2(C)CCNC2)C1.Cl. The maximum atomic E-state index is 11.6. The second-order valence-corrected chi connectivity index (χ2v) is 5.83. The van der Waals surface area contributed by atoms with Gasteiger partial charge in [0.2, 0.25) is 0 Å². The lowest BCUT2D eigenvalue weighted by Gasteiger charge is -2.36. The number of hydrogen-bond acceptors (Lipinski definition) is 4. The average Bonchev–Trinajstić information content (AvgIpc) is 2.75. The lowest BCUT2D eigenvalue weighted by Crippen LogP contribution is -2.44. The van der Waals surface area contributed by atoms with E-state index in [1.807, 2.05) is 0 Å². The van der Waals surface area contributed by atoms with Gasteiger partial charge in [-0.2, -0.15) is 0 Å². The maximum absolute atomic E-state index is 11.6. The zero-order valence-corrected chi connectivity index (χ0v) is 12.2. The summed E-state index contributed by atoms with van der Waals surface area (Å²) >= 11 is 0. The molecule has 2 heterocycles. The number of nitrogens with one attached hydrogen (secondary N) is 1. The molecule has 0 aromatic carbocycles. The largest absolute Gasteiger partial charge is 0.469 e. The predicted octanol–water partition coefficient (Wildman–Crippen LogP) is 1.29. The number of hydrogen-bond donors (Lipinski definition) is 1. The van der Waals surface area contributed by atoms with Gasteiger partial charge in [0.15, 0.2) is 0 Å². The topological polar surface area (TPSA) is 41.6 Å². The predicted molar refractivity (Wildman–Crippen MR) is 74.0 cm³/mol. The van der Waals surface area contributed by atoms with Gasteiger partial charge in [-0.15, -0.1) is 12.4 Å². The minimum Gasteiger partial charge on any atom is -0.469 e. The highest BCUT2D eigenvalue weighted by Crippen LogP contribution is 2.28. The van der Waals surface area contributed by atoms with Gasteiger partial charge in [-0.3, -0.25) is 4.79 Å². The van der Waals surface area contributed by atoms with Crippen molar-refractivity contribution in [1.82, 2.24) is 10.2 Å². The normalized spacial score (nSPS) is 32.9. The van der Waals surface area contributed by atoms with Crippen LogP contribution < -0.4 is 5.32 Å². The number of ether oxygens (including phenoxy) is 1. The van der Waals surface area contributed by atoms with E-state index < -0.39 is 0 Å². The van der Waals surface area contributed by atoms with E-state index in [0.29, 0.717) is 5.41 Å². The van der Waals surface area contributed by atoms with Crippen LogP contribution in [0.15, 0.2) is 0 Å². The van der Waals surface area contributed by atoms with Crippen molar-refractivity contribution in [2.24, 2.45) is 11.3 Å². The first-order valence-electron chi connectivity index (χ1n) is 6.64. The molecule has 2 atom stereocenters. The molecule has 2 aliphatic heterocycles. The van der Waals surface area contributed by atoms with Gasteiger partial charge in [0, 0.05) is 19.6 Å². The number of carbonyl (C=O) groups is 1. The summed E-state index contributed by atoms with van der Waals surface area (Å²) in [5.74, 6) is 0.0520. The molecule has 5 heteroatoms. The lowest BCUT2D eigenvalue weighted by molar-refractivity contribution is -0.147. The number of rotatable bonds is 3. The molecule has 0 spiro atoms. The first kappa shape index (κ1) is 15.7. The van der Waals surface area contributed by atoms with E-state index in [1.54, 1.807) is 0 Å². The van der Waals surface area contributed by atoms with E-state index in [4.69, 9.17) is 4.74 Å². The van der Waals surface area contributed by atoms with Gasteiger partial charge in [0.05, 0.1) is 13.0 Å². The molecule has 106 valence electrons. The van der Waals surface area contributed by atoms with E-state index in [9.17, 15) is 4.79 Å². The Kier molecular flexibility index (Phi) is 5.89. The number of piperidine rings is 1. The van der Waals surface area contributed by atoms with Gasteiger partial charge in [-0.05, 0) is 37.8 Å². The summed E-state index contributed by atoms with van der Waals surface area (Å²) in [5, 5.41) is 3.43. The fraction of sp³-hybridized carbons (Fsp3) is 0.923. The highest BCUT2D eigenvalue weighted by atomic mass is 35.5. The fourth-order valence-corrected chi connectivity index (χ4v) is 3.10. The third-order valence-corrected chi connectivity index (χ3v) is 4.10. The molecule has 18 heavy (non-hydrogen) atoms. The van der Waals surface area contributed by atoms with E-state index >= 15 is 0 Å². The second-order valence-electron chi connectivity index (χ2n) is 5.83. The quantitative estimate of drug-likeness (QED) is 0.789. The Balaban J connectivity index is 0.00000162. The van der Waals surface area contributed by atoms with E-state index in [2.05, 4.69) is 17.1 Å². The van der Waals surface area contributed by atoms with Crippen LogP contribution >= 0.6 is 12.4 Å². The van der Waals surface area contributed by atoms with Crippen LogP contribution in [-0.4, -0.2) is 50.7 Å². The Morgan fingerprint density at radius 2 is 2.33 bits per heavy atom. The third kappa shape index (κ3) is 3.84. The van der Waals surface area contributed by atoms with Crippen molar-refractivity contribution in [2.75, 3.05) is 39.8 Å². The molecule has 0 aliphatic carbocycles. The Bertz CT molecular complexity index is 280. The van der Waals surface area contributed by atoms with Crippen LogP contribution in [0.1, 0.15) is 26.2 Å². The molecule has 0 amide bonds. The summed E-state index contributed by atoms with van der Waals surface area (Å²) in [5.41, 5.74) is 0.387. The third-order valence-electron chi connectivity index (χ3n) is 4.10. The van der Waals surface area contributed by atoms with Gasteiger partial charge in [-0.25, -0.2) is 0 Å². The second kappa shape index (κ2) is 6.73. The smallest absolute Gasteiger partial charge is 0.309 e. The zero-order chi connectivity index (χ0) is 12.3. The number of halogens is 1. The van der Waals surface area contributed by atoms with Crippen molar-refractivity contribution < 1.29 is 9.53 Å². The van der Waals surface area contributed by atoms with Crippen molar-refractivity contribution in [3.8, 4) is 0 Å². The van der Waals surface area contributed by atoms with Gasteiger partial charge >= 0.3 is 5.97 Å². The molecule has 0 radical (unpaired) electrons. The summed E-state index contributed by atoms with van der Waals surface area (Å²) in [6, 6.07) is 0. The molecular weight excluding hydrogens is 252 g/mol. The number of methoxy groups -OCH3 is 1. The summed E-state index contributed by atoms with van der Waals surface area (Å²) in [7, 11) is 1.49. The molecule has 1 N–H and O–H groups in total. The fourth-order valence-electron chi connectivity index (χ4n) is 3.10. The van der Waals surface area contributed by atoms with Crippen molar-refractivity contribution in [2.45, 2.75) is 26.2 Å². The van der Waals surface area contributed by atoms with Crippen LogP contribution in [0.4, 0.5) is 0 Å². The first-order valence-corrected chi connectivity index (χ1v) is 6.64. The Morgan fingerprint density at radius 1 is 1.56 bits per heavy atom. The van der Waals surface area contributed by atoms with Gasteiger partial charge in [0.25, 0.3) is 0 Å². The highest BCUT2D eigenvalue weighted by molar-refractivity contribution is 5.85. The van der Waals surface area contributed by atoms with Crippen LogP contribution in [0.5, 0.6) is 0 Å². The van der Waals surface area contributed by atoms with E-state index in [-0.39, 0.29) is 24.3 Å². The van der Waals surface area contributed by atoms with Crippen LogP contribution in [-0.2, 0) is 9.53 Å². The Labute approximate surface area is 116 Å². The molecular formula is C13H25ClN2O2. The number of nitrogens with zero attached hydrogens (tertiary/aromatic N) is 1. The molecule has 2 fully saturated rings. The highest BCUT2D eigenvalue weighted by Gasteiger charge is 2.34. The number of likely N-dealkylation sites (tertiary alicyclic amines) is 1. The molecule has 0 aromatic rings. The Morgan fingerprint density at radius 3 is 2.94 bits per heavy atom. The average molecular weight is 277 g/mol. The number of esters is 1. The molecule has 1 unspecified atom stereocenters. The van der Waals surface area contributed by atoms with Gasteiger partial charge < -0.3 is 15.0 Å². The van der Waals surface area contributed by atoms with E-state index in [0.717, 1.165) is 45.6 Å². The summed E-state index contributed by atoms with van der Waals surface area (Å²) in [6.07, 6.45) is 3.34. The molecule has 2 rings (SSSR count). The molecule has 2 aliphatic rings. The minimum atomic E-state index is -0.0376. The minimum absolute atomic E-state index is 0. The van der Waals surface area contributed by atoms with Gasteiger partial charge in [0.1, 0.15) is 0 Å². The monoisotopic (exact) mass is 276 g/mol. The van der Waals surface area contributed by atoms with Crippen LogP contribution in [0.3, 0.4) is 0 Å². The first-order chi connectivity index (χ1) is 8.13. The van der Waals surface area contributed by atoms with E-state index in [1.165, 1.54) is 13.5 Å². The lowest BCUT2D eigenvalue weighted by atomic mass is 9.87. The molecule has 0 aromatic heterocycles. The molecule has 0 bridgehead atoms. The zero-order valence-electron chi connectivity index (χ0n) is 11.4. The molecule has 0 saturated carbocycles. The maximum Gasteiger partial charge on any atom is 0.309 e. The van der Waals surface area contributed by atoms with Crippen molar-refractivity contribution in [1.29, 1.82) is 0 Å². The van der Waals surface area contributed by atoms with Crippen LogP contribution in [0.25, 0.3) is 0 Å². The number of carbonyl (C=O) groups excluding carboxylic acids is 1. The van der Waals surface area contributed by atoms with Crippen molar-refractivity contribution >= 4 is 18.4 Å². The van der Waals surface area contributed by atoms with Gasteiger partial charge in [-0.1, -0.05) is 6.92 Å².